The van der Waals surface area contributed by atoms with Crippen LogP contribution in [0.25, 0.3) is 6.20 Å². The van der Waals surface area contributed by atoms with Gasteiger partial charge < -0.3 is 9.30 Å². The third-order valence-electron chi connectivity index (χ3n) is 1.93. The Labute approximate surface area is 72.7 Å². The molecule has 3 nitrogen and oxygen atoms in total. The number of nitrogens with zero attached hydrogens (tertiary/aromatic N) is 2. The number of hydrogen-bond acceptors (Lipinski definition) is 2. The lowest BCUT2D eigenvalue weighted by Crippen LogP contribution is -1.90. The number of aryl methyl sites for hydroxylation is 1. The first-order valence-corrected chi connectivity index (χ1v) is 3.87. The van der Waals surface area contributed by atoms with Crippen molar-refractivity contribution in [3.63, 3.8) is 0 Å². The number of rotatable bonds is 2. The van der Waals surface area contributed by atoms with Crippen molar-refractivity contribution in [2.24, 2.45) is 0 Å². The van der Waals surface area contributed by atoms with Crippen LogP contribution in [0.3, 0.4) is 0 Å². The zero-order chi connectivity index (χ0) is 9.14. The molecule has 12 heavy (non-hydrogen) atoms. The van der Waals surface area contributed by atoms with E-state index >= 15 is 0 Å². The average Bonchev–Trinajstić information content (AvgIpc) is 2.36. The third-order valence-corrected chi connectivity index (χ3v) is 1.93. The van der Waals surface area contributed by atoms with Crippen LogP contribution in [0, 0.1) is 13.8 Å². The van der Waals surface area contributed by atoms with E-state index in [1.54, 1.807) is 13.4 Å². The van der Waals surface area contributed by atoms with E-state index in [2.05, 4.69) is 4.98 Å². The van der Waals surface area contributed by atoms with Crippen LogP contribution in [0.4, 0.5) is 0 Å². The zero-order valence-corrected chi connectivity index (χ0v) is 7.96. The van der Waals surface area contributed by atoms with E-state index in [0.29, 0.717) is 0 Å². The lowest BCUT2D eigenvalue weighted by molar-refractivity contribution is 0.296. The fraction of sp³-hybridized carbons (Fsp3) is 0.444. The summed E-state index contributed by atoms with van der Waals surface area (Å²) in [5, 5.41) is 0. The molecule has 0 atom stereocenters. The molecule has 0 saturated carbocycles. The molecule has 0 N–H and O–H groups in total. The molecule has 0 saturated heterocycles. The first-order chi connectivity index (χ1) is 5.65. The lowest BCUT2D eigenvalue weighted by Gasteiger charge is -2.00. The number of aromatic nitrogens is 2. The summed E-state index contributed by atoms with van der Waals surface area (Å²) in [4.78, 5) is 4.17. The van der Waals surface area contributed by atoms with Gasteiger partial charge in [-0.3, -0.25) is 0 Å². The fourth-order valence-electron chi connectivity index (χ4n) is 0.894. The van der Waals surface area contributed by atoms with Gasteiger partial charge in [0, 0.05) is 11.9 Å². The Bertz CT molecular complexity index is 299. The number of hydrogen-bond donors (Lipinski definition) is 0. The van der Waals surface area contributed by atoms with Crippen LogP contribution in [0.1, 0.15) is 18.3 Å². The van der Waals surface area contributed by atoms with Crippen LogP contribution in [0.2, 0.25) is 0 Å². The smallest absolute Gasteiger partial charge is 0.109 e. The molecule has 0 unspecified atom stereocenters. The average molecular weight is 166 g/mol. The molecule has 1 aromatic heterocycles. The minimum Gasteiger partial charge on any atom is -0.500 e. The van der Waals surface area contributed by atoms with Gasteiger partial charge in [0.25, 0.3) is 0 Å². The molecule has 0 bridgehead atoms. The van der Waals surface area contributed by atoms with Crippen LogP contribution in [-0.4, -0.2) is 16.7 Å². The molecule has 0 radical (unpaired) electrons. The molecule has 1 rings (SSSR count). The van der Waals surface area contributed by atoms with Gasteiger partial charge in [0.2, 0.25) is 0 Å². The monoisotopic (exact) mass is 166 g/mol. The summed E-state index contributed by atoms with van der Waals surface area (Å²) >= 11 is 0. The second-order valence-corrected chi connectivity index (χ2v) is 2.77. The van der Waals surface area contributed by atoms with E-state index in [1.807, 2.05) is 31.5 Å². The molecule has 66 valence electrons. The van der Waals surface area contributed by atoms with Crippen LogP contribution in [0.15, 0.2) is 12.1 Å². The van der Waals surface area contributed by atoms with Gasteiger partial charge in [-0.2, -0.15) is 0 Å². The summed E-state index contributed by atoms with van der Waals surface area (Å²) in [6, 6.07) is 0. The molecule has 0 amide bonds. The first kappa shape index (κ1) is 8.84. The van der Waals surface area contributed by atoms with Crippen molar-refractivity contribution in [1.82, 2.24) is 9.55 Å². The first-order valence-electron chi connectivity index (χ1n) is 3.87. The largest absolute Gasteiger partial charge is 0.500 e. The van der Waals surface area contributed by atoms with Gasteiger partial charge in [-0.05, 0) is 20.8 Å². The van der Waals surface area contributed by atoms with Gasteiger partial charge in [0.1, 0.15) is 5.76 Å². The van der Waals surface area contributed by atoms with Crippen molar-refractivity contribution >= 4 is 6.20 Å². The SMILES string of the molecule is COC(C)=Cn1cnc(C)c1C. The van der Waals surface area contributed by atoms with Gasteiger partial charge in [-0.25, -0.2) is 4.98 Å². The molecule has 1 aromatic rings. The van der Waals surface area contributed by atoms with E-state index in [-0.39, 0.29) is 0 Å². The summed E-state index contributed by atoms with van der Waals surface area (Å²) in [5.41, 5.74) is 2.20. The van der Waals surface area contributed by atoms with Crippen molar-refractivity contribution in [1.29, 1.82) is 0 Å². The highest BCUT2D eigenvalue weighted by atomic mass is 16.5. The van der Waals surface area contributed by atoms with Crippen LogP contribution in [0.5, 0.6) is 0 Å². The molecule has 3 heteroatoms. The number of imidazole rings is 1. The van der Waals surface area contributed by atoms with Crippen molar-refractivity contribution in [2.45, 2.75) is 20.8 Å². The van der Waals surface area contributed by atoms with Gasteiger partial charge in [0.05, 0.1) is 19.1 Å². The van der Waals surface area contributed by atoms with Crippen molar-refractivity contribution < 1.29 is 4.74 Å². The highest BCUT2D eigenvalue weighted by molar-refractivity contribution is 5.30. The van der Waals surface area contributed by atoms with Crippen LogP contribution in [-0.2, 0) is 4.74 Å². The third kappa shape index (κ3) is 1.67. The number of allylic oxidation sites excluding steroid dienone is 1. The summed E-state index contributed by atoms with van der Waals surface area (Å²) in [7, 11) is 1.66. The quantitative estimate of drug-likeness (QED) is 0.628. The Morgan fingerprint density at radius 1 is 1.58 bits per heavy atom. The van der Waals surface area contributed by atoms with Gasteiger partial charge in [-0.15, -0.1) is 0 Å². The van der Waals surface area contributed by atoms with Crippen molar-refractivity contribution in [3.05, 3.63) is 23.5 Å². The minimum absolute atomic E-state index is 0.871. The van der Waals surface area contributed by atoms with Crippen molar-refractivity contribution in [2.75, 3.05) is 7.11 Å². The maximum absolute atomic E-state index is 5.03. The molecule has 0 aromatic carbocycles. The summed E-state index contributed by atoms with van der Waals surface area (Å²) in [6.07, 6.45) is 3.70. The highest BCUT2D eigenvalue weighted by Gasteiger charge is 1.98. The second-order valence-electron chi connectivity index (χ2n) is 2.77. The molecule has 0 aliphatic carbocycles. The Morgan fingerprint density at radius 3 is 2.67 bits per heavy atom. The Hall–Kier alpha value is -1.25. The van der Waals surface area contributed by atoms with E-state index in [0.717, 1.165) is 17.1 Å². The molecule has 0 fully saturated rings. The molecule has 0 aliphatic heterocycles. The standard InChI is InChI=1S/C9H14N2O/c1-7(12-4)5-11-6-10-8(2)9(11)3/h5-6H,1-4H3. The van der Waals surface area contributed by atoms with E-state index in [4.69, 9.17) is 4.74 Å². The normalized spacial score (nSPS) is 11.8. The highest BCUT2D eigenvalue weighted by Crippen LogP contribution is 2.06. The zero-order valence-electron chi connectivity index (χ0n) is 7.96. The molecular formula is C9H14N2O. The maximum Gasteiger partial charge on any atom is 0.109 e. The Kier molecular flexibility index (Phi) is 2.53. The predicted octanol–water partition coefficient (Wildman–Crippen LogP) is 1.96. The predicted molar refractivity (Wildman–Crippen MR) is 48.7 cm³/mol. The molecule has 1 heterocycles. The minimum atomic E-state index is 0.871. The maximum atomic E-state index is 5.03. The van der Waals surface area contributed by atoms with E-state index < -0.39 is 0 Å². The number of methoxy groups -OCH3 is 1. The Morgan fingerprint density at radius 2 is 2.25 bits per heavy atom. The van der Waals surface area contributed by atoms with E-state index in [1.165, 1.54) is 0 Å². The van der Waals surface area contributed by atoms with Gasteiger partial charge in [0.15, 0.2) is 0 Å². The summed E-state index contributed by atoms with van der Waals surface area (Å²) < 4.78 is 6.98. The molecule has 0 aliphatic rings. The fourth-order valence-corrected chi connectivity index (χ4v) is 0.894. The topological polar surface area (TPSA) is 27.1 Å². The van der Waals surface area contributed by atoms with E-state index in [9.17, 15) is 0 Å². The van der Waals surface area contributed by atoms with Crippen molar-refractivity contribution in [3.8, 4) is 0 Å². The van der Waals surface area contributed by atoms with Crippen LogP contribution >= 0.6 is 0 Å². The Balaban J connectivity index is 2.97. The summed E-state index contributed by atoms with van der Waals surface area (Å²) in [5.74, 6) is 0.871. The molecule has 0 spiro atoms. The molecular weight excluding hydrogens is 152 g/mol. The van der Waals surface area contributed by atoms with Gasteiger partial charge >= 0.3 is 0 Å². The number of ether oxygens (including phenoxy) is 1. The van der Waals surface area contributed by atoms with Gasteiger partial charge in [-0.1, -0.05) is 0 Å². The summed E-state index contributed by atoms with van der Waals surface area (Å²) in [6.45, 7) is 5.93. The second kappa shape index (κ2) is 3.43. The lowest BCUT2D eigenvalue weighted by atomic mass is 10.4. The van der Waals surface area contributed by atoms with Crippen LogP contribution < -0.4 is 0 Å².